The molecule has 2 N–H and O–H groups in total. The number of fused-ring (bicyclic) bond motifs is 1. The molecule has 130 valence electrons. The van der Waals surface area contributed by atoms with Gasteiger partial charge in [-0.05, 0) is 49.4 Å². The molecule has 0 fully saturated rings. The standard InChI is InChI=1S/C17H13FN6O2/c1-9(17-20-15(23-26-17)10-2-5-12(18)6-3-10)19-16(25)11-4-7-13-14(8-11)22-24-21-13/h2-9H,1H3,(H,19,25)(H,21,22,24)/t9-/m1/s1. The lowest BCUT2D eigenvalue weighted by Crippen LogP contribution is -2.26. The van der Waals surface area contributed by atoms with E-state index in [0.717, 1.165) is 0 Å². The van der Waals surface area contributed by atoms with E-state index >= 15 is 0 Å². The molecule has 4 aromatic rings. The first kappa shape index (κ1) is 15.9. The van der Waals surface area contributed by atoms with Crippen LogP contribution in [-0.4, -0.2) is 31.5 Å². The number of benzene rings is 2. The van der Waals surface area contributed by atoms with Crippen LogP contribution >= 0.6 is 0 Å². The smallest absolute Gasteiger partial charge is 0.251 e. The van der Waals surface area contributed by atoms with Crippen molar-refractivity contribution in [3.8, 4) is 11.4 Å². The van der Waals surface area contributed by atoms with Crippen LogP contribution in [0.2, 0.25) is 0 Å². The van der Waals surface area contributed by atoms with E-state index in [0.29, 0.717) is 28.0 Å². The molecule has 1 atom stereocenters. The van der Waals surface area contributed by atoms with E-state index in [9.17, 15) is 9.18 Å². The maximum atomic E-state index is 13.0. The Bertz CT molecular complexity index is 1070. The summed E-state index contributed by atoms with van der Waals surface area (Å²) in [4.78, 5) is 16.7. The van der Waals surface area contributed by atoms with Gasteiger partial charge in [-0.1, -0.05) is 5.16 Å². The molecule has 8 nitrogen and oxygen atoms in total. The van der Waals surface area contributed by atoms with Crippen molar-refractivity contribution in [2.75, 3.05) is 0 Å². The second-order valence-corrected chi connectivity index (χ2v) is 5.69. The molecule has 0 aliphatic heterocycles. The van der Waals surface area contributed by atoms with Gasteiger partial charge in [-0.25, -0.2) is 4.39 Å². The van der Waals surface area contributed by atoms with E-state index in [4.69, 9.17) is 4.52 Å². The summed E-state index contributed by atoms with van der Waals surface area (Å²) in [6.45, 7) is 1.73. The molecule has 2 aromatic heterocycles. The Balaban J connectivity index is 1.49. The third kappa shape index (κ3) is 3.02. The predicted octanol–water partition coefficient (Wildman–Crippen LogP) is 2.64. The normalized spacial score (nSPS) is 12.2. The average molecular weight is 352 g/mol. The van der Waals surface area contributed by atoms with Crippen LogP contribution in [0.5, 0.6) is 0 Å². The van der Waals surface area contributed by atoms with Crippen LogP contribution in [0.3, 0.4) is 0 Å². The van der Waals surface area contributed by atoms with Gasteiger partial charge in [0.15, 0.2) is 0 Å². The van der Waals surface area contributed by atoms with Gasteiger partial charge in [0.25, 0.3) is 5.91 Å². The number of carbonyl (C=O) groups is 1. The summed E-state index contributed by atoms with van der Waals surface area (Å²) in [5.74, 6) is -0.0728. The summed E-state index contributed by atoms with van der Waals surface area (Å²) in [6.07, 6.45) is 0. The van der Waals surface area contributed by atoms with Gasteiger partial charge in [-0.2, -0.15) is 20.4 Å². The van der Waals surface area contributed by atoms with Crippen molar-refractivity contribution in [2.24, 2.45) is 0 Å². The van der Waals surface area contributed by atoms with Gasteiger partial charge in [0, 0.05) is 11.1 Å². The van der Waals surface area contributed by atoms with Gasteiger partial charge >= 0.3 is 0 Å². The summed E-state index contributed by atoms with van der Waals surface area (Å²) >= 11 is 0. The molecule has 4 rings (SSSR count). The minimum atomic E-state index is -0.503. The highest BCUT2D eigenvalue weighted by Gasteiger charge is 2.18. The number of rotatable bonds is 4. The molecule has 0 aliphatic rings. The van der Waals surface area contributed by atoms with Crippen LogP contribution in [0.25, 0.3) is 22.4 Å². The molecular weight excluding hydrogens is 339 g/mol. The number of nitrogens with one attached hydrogen (secondary N) is 2. The van der Waals surface area contributed by atoms with E-state index in [1.165, 1.54) is 12.1 Å². The summed E-state index contributed by atoms with van der Waals surface area (Å²) < 4.78 is 18.2. The topological polar surface area (TPSA) is 110 Å². The molecule has 0 bridgehead atoms. The van der Waals surface area contributed by atoms with Gasteiger partial charge in [0.2, 0.25) is 11.7 Å². The van der Waals surface area contributed by atoms with E-state index in [2.05, 4.69) is 30.9 Å². The van der Waals surface area contributed by atoms with Crippen LogP contribution in [0.4, 0.5) is 4.39 Å². The van der Waals surface area contributed by atoms with E-state index in [1.807, 2.05) is 0 Å². The zero-order valence-electron chi connectivity index (χ0n) is 13.6. The van der Waals surface area contributed by atoms with E-state index in [1.54, 1.807) is 37.3 Å². The third-order valence-corrected chi connectivity index (χ3v) is 3.84. The lowest BCUT2D eigenvalue weighted by Gasteiger charge is -2.09. The molecule has 9 heteroatoms. The van der Waals surface area contributed by atoms with Crippen molar-refractivity contribution < 1.29 is 13.7 Å². The first-order chi connectivity index (χ1) is 12.6. The number of aromatic nitrogens is 5. The van der Waals surface area contributed by atoms with Crippen LogP contribution in [-0.2, 0) is 0 Å². The van der Waals surface area contributed by atoms with Crippen LogP contribution in [0.1, 0.15) is 29.2 Å². The molecule has 1 amide bonds. The second kappa shape index (κ2) is 6.36. The SMILES string of the molecule is C[C@@H](NC(=O)c1ccc2n[nH]nc2c1)c1nc(-c2ccc(F)cc2)no1. The zero-order valence-corrected chi connectivity index (χ0v) is 13.6. The van der Waals surface area contributed by atoms with Gasteiger partial charge in [-0.15, -0.1) is 0 Å². The van der Waals surface area contributed by atoms with E-state index < -0.39 is 6.04 Å². The van der Waals surface area contributed by atoms with E-state index in [-0.39, 0.29) is 17.6 Å². The van der Waals surface area contributed by atoms with Gasteiger partial charge in [0.1, 0.15) is 22.9 Å². The predicted molar refractivity (Wildman–Crippen MR) is 89.5 cm³/mol. The average Bonchev–Trinajstić information content (AvgIpc) is 3.31. The summed E-state index contributed by atoms with van der Waals surface area (Å²) in [6, 6.07) is 10.2. The molecule has 0 spiro atoms. The number of carbonyl (C=O) groups excluding carboxylic acids is 1. The lowest BCUT2D eigenvalue weighted by atomic mass is 10.1. The second-order valence-electron chi connectivity index (χ2n) is 5.69. The van der Waals surface area contributed by atoms with Crippen molar-refractivity contribution >= 4 is 16.9 Å². The number of aromatic amines is 1. The van der Waals surface area contributed by atoms with Gasteiger partial charge in [0.05, 0.1) is 0 Å². The Hall–Kier alpha value is -3.62. The Morgan fingerprint density at radius 3 is 2.73 bits per heavy atom. The minimum absolute atomic E-state index is 0.250. The number of H-pyrrole nitrogens is 1. The fourth-order valence-electron chi connectivity index (χ4n) is 2.45. The summed E-state index contributed by atoms with van der Waals surface area (Å²) in [5.41, 5.74) is 2.34. The summed E-state index contributed by atoms with van der Waals surface area (Å²) in [5, 5.41) is 17.1. The Labute approximate surface area is 146 Å². The highest BCUT2D eigenvalue weighted by Crippen LogP contribution is 2.19. The number of hydrogen-bond acceptors (Lipinski definition) is 6. The maximum absolute atomic E-state index is 13.0. The van der Waals surface area contributed by atoms with Crippen molar-refractivity contribution in [1.82, 2.24) is 30.9 Å². The first-order valence-electron chi connectivity index (χ1n) is 7.81. The Kier molecular flexibility index (Phi) is 3.88. The largest absolute Gasteiger partial charge is 0.341 e. The molecule has 2 heterocycles. The number of halogens is 1. The van der Waals surface area contributed by atoms with Gasteiger partial charge in [-0.3, -0.25) is 4.79 Å². The minimum Gasteiger partial charge on any atom is -0.341 e. The highest BCUT2D eigenvalue weighted by atomic mass is 19.1. The van der Waals surface area contributed by atoms with Crippen molar-refractivity contribution in [1.29, 1.82) is 0 Å². The van der Waals surface area contributed by atoms with Crippen LogP contribution < -0.4 is 5.32 Å². The Morgan fingerprint density at radius 1 is 1.15 bits per heavy atom. The third-order valence-electron chi connectivity index (χ3n) is 3.84. The number of amides is 1. The van der Waals surface area contributed by atoms with Crippen molar-refractivity contribution in [3.63, 3.8) is 0 Å². The molecule has 0 unspecified atom stereocenters. The molecule has 2 aromatic carbocycles. The van der Waals surface area contributed by atoms with Crippen LogP contribution in [0.15, 0.2) is 47.0 Å². The quantitative estimate of drug-likeness (QED) is 0.584. The Morgan fingerprint density at radius 2 is 1.92 bits per heavy atom. The highest BCUT2D eigenvalue weighted by molar-refractivity contribution is 5.97. The van der Waals surface area contributed by atoms with Gasteiger partial charge < -0.3 is 9.84 Å². The molecule has 26 heavy (non-hydrogen) atoms. The fraction of sp³-hybridized carbons (Fsp3) is 0.118. The maximum Gasteiger partial charge on any atom is 0.251 e. The lowest BCUT2D eigenvalue weighted by molar-refractivity contribution is 0.0932. The molecule has 0 radical (unpaired) electrons. The number of nitrogens with zero attached hydrogens (tertiary/aromatic N) is 4. The first-order valence-corrected chi connectivity index (χ1v) is 7.81. The van der Waals surface area contributed by atoms with Crippen LogP contribution in [0, 0.1) is 5.82 Å². The van der Waals surface area contributed by atoms with Crippen molar-refractivity contribution in [3.05, 3.63) is 59.7 Å². The molecular formula is C17H13FN6O2. The monoisotopic (exact) mass is 352 g/mol. The molecule has 0 saturated heterocycles. The molecule has 0 saturated carbocycles. The fourth-order valence-corrected chi connectivity index (χ4v) is 2.45. The number of hydrogen-bond donors (Lipinski definition) is 2. The van der Waals surface area contributed by atoms with Crippen molar-refractivity contribution in [2.45, 2.75) is 13.0 Å². The zero-order chi connectivity index (χ0) is 18.1. The molecule has 0 aliphatic carbocycles. The summed E-state index contributed by atoms with van der Waals surface area (Å²) in [7, 11) is 0.